The average molecular weight is 1980 g/mol. The van der Waals surface area contributed by atoms with Crippen LogP contribution in [0.3, 0.4) is 0 Å². The standard InChI is InChI=1S/C100H135N21O22/c1-52(2)38-73(113-87(129)56(9)108-88(130)72(34-36-86(127)128)112-97(139)79(109-85(126)48-102)44-59-49-105-67-21-13-10-18-64(59)67)91(133)110-70(24-16-17-37-101)89(131)117-77(42-57-25-29-62(122)30-26-57)95(137)115-76(41-55(7)8)94(136)119-80(45-60-50-106-68-22-14-11-19-65(60)68)98(140)120-81(47-84(104)125)99(141)116-75(40-54(5)6)93(135)114-74(39-53(3)4)92(134)111-71(33-35-83(103)124)90(132)118-78(43-58-27-31-63(123)32-28-58)96(138)121-82(100(142)143)46-61-51-107-69-23-15-12-20-66(61)69/h10-15,18-23,25-32,49-56,70-82,105-107,122-123H,16-17,24,33-48,101-102H2,1-9H3,(H2,103,124)(H2,104,125)(H,108,130)(H,109,126)(H,110,133)(H,111,134)(H,112,139)(H,113,129)(H,114,135)(H,115,137)(H,116,141)(H,117,131)(H,118,132)(H,119,136)(H,120,140)(H,121,138)(H,127,128)(H,142,143). The minimum atomic E-state index is -1.91. The van der Waals surface area contributed by atoms with E-state index in [1.54, 1.807) is 147 Å². The van der Waals surface area contributed by atoms with E-state index in [9.17, 15) is 87.5 Å². The van der Waals surface area contributed by atoms with Crippen LogP contribution in [0.5, 0.6) is 11.5 Å². The quantitative estimate of drug-likeness (QED) is 0.0238. The number of phenols is 2. The molecule has 43 heteroatoms. The Morgan fingerprint density at radius 2 is 0.587 bits per heavy atom. The lowest BCUT2D eigenvalue weighted by molar-refractivity contribution is -0.142. The van der Waals surface area contributed by atoms with Crippen molar-refractivity contribution in [3.63, 3.8) is 0 Å². The van der Waals surface area contributed by atoms with E-state index in [0.29, 0.717) is 56.0 Å². The fourth-order valence-corrected chi connectivity index (χ4v) is 16.3. The third-order valence-electron chi connectivity index (χ3n) is 23.7. The molecule has 3 heterocycles. The van der Waals surface area contributed by atoms with Gasteiger partial charge in [0, 0.05) is 96.2 Å². The Labute approximate surface area is 826 Å². The maximum absolute atomic E-state index is 15.3. The number of rotatable bonds is 59. The largest absolute Gasteiger partial charge is 0.508 e. The van der Waals surface area contributed by atoms with Crippen molar-refractivity contribution in [1.29, 1.82) is 0 Å². The number of carboxylic acid groups (broad SMARTS) is 2. The first-order valence-electron chi connectivity index (χ1n) is 47.7. The van der Waals surface area contributed by atoms with E-state index in [1.807, 2.05) is 0 Å². The van der Waals surface area contributed by atoms with Crippen LogP contribution in [0.2, 0.25) is 0 Å². The molecule has 43 nitrogen and oxygen atoms in total. The Balaban J connectivity index is 1.00. The summed E-state index contributed by atoms with van der Waals surface area (Å²) in [6.07, 6.45) is 0.591. The maximum Gasteiger partial charge on any atom is 0.326 e. The number of nitrogens with one attached hydrogen (secondary N) is 17. The van der Waals surface area contributed by atoms with Crippen LogP contribution in [-0.4, -0.2) is 240 Å². The summed E-state index contributed by atoms with van der Waals surface area (Å²) >= 11 is 0. The topological polar surface area (TPSA) is 708 Å². The number of unbranched alkanes of at least 4 members (excludes halogenated alkanes) is 1. The first kappa shape index (κ1) is 113. The number of hydrogen-bond acceptors (Lipinski definition) is 22. The van der Waals surface area contributed by atoms with Crippen LogP contribution in [0.25, 0.3) is 32.7 Å². The van der Waals surface area contributed by atoms with Crippen molar-refractivity contribution in [2.24, 2.45) is 46.6 Å². The van der Waals surface area contributed by atoms with Crippen molar-refractivity contribution in [1.82, 2.24) is 89.4 Å². The number of H-pyrrole nitrogens is 3. The molecule has 0 spiro atoms. The molecule has 0 radical (unpaired) electrons. The molecule has 16 amide bonds. The number of hydrogen-bond donors (Lipinski definition) is 25. The molecule has 772 valence electrons. The van der Waals surface area contributed by atoms with Gasteiger partial charge in [-0.2, -0.15) is 0 Å². The number of aliphatic carboxylic acids is 2. The molecule has 0 fully saturated rings. The lowest BCUT2D eigenvalue weighted by Gasteiger charge is -2.29. The monoisotopic (exact) mass is 1980 g/mol. The van der Waals surface area contributed by atoms with Crippen LogP contribution >= 0.6 is 0 Å². The summed E-state index contributed by atoms with van der Waals surface area (Å²) in [5.74, 6) is -20.1. The molecule has 0 aliphatic heterocycles. The second-order valence-corrected chi connectivity index (χ2v) is 37.5. The number of fused-ring (bicyclic) bond motifs is 3. The van der Waals surface area contributed by atoms with Crippen molar-refractivity contribution in [3.8, 4) is 11.5 Å². The second-order valence-electron chi connectivity index (χ2n) is 37.5. The Hall–Kier alpha value is -15.3. The van der Waals surface area contributed by atoms with E-state index >= 15 is 19.2 Å². The number of aromatic nitrogens is 3. The van der Waals surface area contributed by atoms with Gasteiger partial charge in [-0.15, -0.1) is 0 Å². The molecule has 3 aromatic heterocycles. The van der Waals surface area contributed by atoms with Gasteiger partial charge < -0.3 is 133 Å². The smallest absolute Gasteiger partial charge is 0.326 e. The van der Waals surface area contributed by atoms with Crippen molar-refractivity contribution in [2.45, 2.75) is 256 Å². The zero-order valence-electron chi connectivity index (χ0n) is 81.6. The highest BCUT2D eigenvalue weighted by Gasteiger charge is 2.40. The molecular weight excluding hydrogens is 1850 g/mol. The Kier molecular flexibility index (Phi) is 43.5. The van der Waals surface area contributed by atoms with Crippen molar-refractivity contribution in [3.05, 3.63) is 168 Å². The number of para-hydroxylation sites is 3. The lowest BCUT2D eigenvalue weighted by atomic mass is 9.98. The predicted molar refractivity (Wildman–Crippen MR) is 529 cm³/mol. The van der Waals surface area contributed by atoms with Crippen molar-refractivity contribution >= 4 is 139 Å². The molecule has 29 N–H and O–H groups in total. The number of carboxylic acids is 2. The third-order valence-corrected chi connectivity index (χ3v) is 23.7. The zero-order chi connectivity index (χ0) is 105. The number of primary amides is 2. The first-order chi connectivity index (χ1) is 67.8. The number of carbonyl (C=O) groups is 18. The van der Waals surface area contributed by atoms with Gasteiger partial charge in [-0.05, 0) is 165 Å². The van der Waals surface area contributed by atoms with E-state index in [1.165, 1.54) is 55.5 Å². The Morgan fingerprint density at radius 1 is 0.301 bits per heavy atom. The fraction of sp³-hybridized carbons (Fsp3) is 0.460. The molecule has 8 aromatic rings. The van der Waals surface area contributed by atoms with Crippen molar-refractivity contribution in [2.75, 3.05) is 13.1 Å². The molecule has 14 unspecified atom stereocenters. The average Bonchev–Trinajstić information content (AvgIpc) is 1.70. The van der Waals surface area contributed by atoms with E-state index < -0.39 is 242 Å². The first-order valence-corrected chi connectivity index (χ1v) is 47.7. The van der Waals surface area contributed by atoms with Crippen LogP contribution in [-0.2, 0) is 118 Å². The van der Waals surface area contributed by atoms with Gasteiger partial charge in [0.25, 0.3) is 0 Å². The van der Waals surface area contributed by atoms with Gasteiger partial charge in [-0.3, -0.25) is 81.5 Å². The van der Waals surface area contributed by atoms with Crippen molar-refractivity contribution < 1.29 is 107 Å². The molecular formula is C100H135N21O22. The highest BCUT2D eigenvalue weighted by Crippen LogP contribution is 2.26. The van der Waals surface area contributed by atoms with Crippen LogP contribution in [0.1, 0.15) is 167 Å². The van der Waals surface area contributed by atoms with Gasteiger partial charge in [0.1, 0.15) is 96.1 Å². The molecule has 8 rings (SSSR count). The number of aromatic amines is 3. The molecule has 0 aliphatic carbocycles. The molecule has 5 aromatic carbocycles. The van der Waals surface area contributed by atoms with E-state index in [4.69, 9.17) is 22.9 Å². The molecule has 0 saturated heterocycles. The van der Waals surface area contributed by atoms with Gasteiger partial charge in [-0.1, -0.05) is 134 Å². The van der Waals surface area contributed by atoms with Gasteiger partial charge >= 0.3 is 11.9 Å². The van der Waals surface area contributed by atoms with Gasteiger partial charge in [-0.25, -0.2) is 4.79 Å². The van der Waals surface area contributed by atoms with E-state index in [-0.39, 0.29) is 101 Å². The molecule has 0 aliphatic rings. The summed E-state index contributed by atoms with van der Waals surface area (Å²) in [4.78, 5) is 264. The van der Waals surface area contributed by atoms with Gasteiger partial charge in [0.2, 0.25) is 94.5 Å². The number of carbonyl (C=O) groups excluding carboxylic acids is 16. The predicted octanol–water partition coefficient (Wildman–Crippen LogP) is 1.22. The number of aromatic hydroxyl groups is 2. The number of amides is 16. The van der Waals surface area contributed by atoms with Crippen LogP contribution in [0, 0.1) is 23.7 Å². The van der Waals surface area contributed by atoms with Crippen LogP contribution in [0.4, 0.5) is 0 Å². The highest BCUT2D eigenvalue weighted by molar-refractivity contribution is 6.02. The minimum absolute atomic E-state index is 0.0565. The van der Waals surface area contributed by atoms with Gasteiger partial charge in [0.15, 0.2) is 0 Å². The lowest BCUT2D eigenvalue weighted by Crippen LogP contribution is -2.61. The Bertz CT molecular complexity index is 5780. The molecule has 14 atom stereocenters. The summed E-state index contributed by atoms with van der Waals surface area (Å²) < 4.78 is 0. The summed E-state index contributed by atoms with van der Waals surface area (Å²) in [5.41, 5.74) is 27.4. The zero-order valence-corrected chi connectivity index (χ0v) is 81.6. The Morgan fingerprint density at radius 3 is 0.930 bits per heavy atom. The van der Waals surface area contributed by atoms with Gasteiger partial charge in [0.05, 0.1) is 13.0 Å². The normalized spacial score (nSPS) is 14.3. The van der Waals surface area contributed by atoms with E-state index in [2.05, 4.69) is 89.4 Å². The minimum Gasteiger partial charge on any atom is -0.508 e. The maximum atomic E-state index is 15.3. The third kappa shape index (κ3) is 36.1. The SMILES string of the molecule is CC(C)CC(NC(=O)C(C)NC(=O)C(CCC(=O)O)NC(=O)C(Cc1c[nH]c2ccccc12)NC(=O)CN)C(=O)NC(CCCCN)C(=O)NC(Cc1ccc(O)cc1)C(=O)NC(CC(C)C)C(=O)NC(Cc1c[nH]c2ccccc12)C(=O)NC(CC(N)=O)C(=O)NC(CC(C)C)C(=O)NC(CC(C)C)C(=O)NC(CCC(N)=O)C(=O)NC(Cc1ccc(O)cc1)C(=O)NC(Cc1c[nH]c2ccccc12)C(=O)O. The number of benzene rings is 5. The highest BCUT2D eigenvalue weighted by atomic mass is 16.4. The summed E-state index contributed by atoms with van der Waals surface area (Å²) in [5, 5.41) is 79.3. The van der Waals surface area contributed by atoms with Crippen LogP contribution in [0.15, 0.2) is 140 Å². The second kappa shape index (κ2) is 55.0. The fourth-order valence-electron chi connectivity index (χ4n) is 16.3. The van der Waals surface area contributed by atoms with E-state index in [0.717, 1.165) is 10.9 Å². The summed E-state index contributed by atoms with van der Waals surface area (Å²) in [7, 11) is 0. The molecule has 143 heavy (non-hydrogen) atoms. The van der Waals surface area contributed by atoms with Crippen LogP contribution < -0.4 is 97.4 Å². The summed E-state index contributed by atoms with van der Waals surface area (Å²) in [6, 6.07) is 10.4. The molecule has 0 saturated carbocycles. The molecule has 0 bridgehead atoms. The number of phenolic OH excluding ortho intramolecular Hbond substituents is 2. The number of nitrogens with two attached hydrogens (primary N) is 4. The summed E-state index contributed by atoms with van der Waals surface area (Å²) in [6.45, 7) is 14.7.